The topological polar surface area (TPSA) is 64.6 Å². The van der Waals surface area contributed by atoms with Crippen molar-refractivity contribution in [2.45, 2.75) is 17.8 Å². The number of carbonyl (C=O) groups excluding carboxylic acids is 2. The first-order valence-corrected chi connectivity index (χ1v) is 4.97. The van der Waals surface area contributed by atoms with Gasteiger partial charge in [-0.1, -0.05) is 15.9 Å². The molecule has 0 spiro atoms. The number of halogens is 1. The average molecular weight is 268 g/mol. The quantitative estimate of drug-likeness (QED) is 0.565. The molecule has 14 heavy (non-hydrogen) atoms. The number of alkyl halides is 1. The van der Waals surface area contributed by atoms with E-state index in [2.05, 4.69) is 30.7 Å². The molecule has 0 radical (unpaired) electrons. The number of carbonyl (C=O) groups is 2. The normalized spacial score (nSPS) is 14.3. The van der Waals surface area contributed by atoms with Gasteiger partial charge in [0.1, 0.15) is 10.9 Å². The zero-order chi connectivity index (χ0) is 11.1. The Balaban J connectivity index is 3.82. The van der Waals surface area contributed by atoms with Crippen molar-refractivity contribution in [3.8, 4) is 0 Å². The fraction of sp³-hybridized carbons (Fsp3) is 0.750. The molecule has 0 fully saturated rings. The van der Waals surface area contributed by atoms with Crippen LogP contribution in [0.15, 0.2) is 0 Å². The summed E-state index contributed by atoms with van der Waals surface area (Å²) in [5.74, 6) is -0.746. The third kappa shape index (κ3) is 4.57. The van der Waals surface area contributed by atoms with Gasteiger partial charge in [0.05, 0.1) is 14.2 Å². The Morgan fingerprint density at radius 2 is 1.79 bits per heavy atom. The van der Waals surface area contributed by atoms with Gasteiger partial charge in [0.2, 0.25) is 0 Å². The fourth-order valence-electron chi connectivity index (χ4n) is 0.752. The summed E-state index contributed by atoms with van der Waals surface area (Å²) < 4.78 is 8.99. The monoisotopic (exact) mass is 267 g/mol. The van der Waals surface area contributed by atoms with Gasteiger partial charge in [0, 0.05) is 6.54 Å². The fourth-order valence-corrected chi connectivity index (χ4v) is 1.13. The molecular formula is C8H14BrNO4. The Kier molecular flexibility index (Phi) is 6.48. The zero-order valence-electron chi connectivity index (χ0n) is 8.37. The molecule has 0 aromatic rings. The van der Waals surface area contributed by atoms with Crippen molar-refractivity contribution in [2.24, 2.45) is 0 Å². The second-order valence-electron chi connectivity index (χ2n) is 2.64. The predicted octanol–water partition coefficient (Wildman–Crippen LogP) is 0.0740. The summed E-state index contributed by atoms with van der Waals surface area (Å²) in [5, 5.41) is 2.83. The van der Waals surface area contributed by atoms with Gasteiger partial charge in [-0.05, 0) is 6.92 Å². The second-order valence-corrected chi connectivity index (χ2v) is 3.75. The minimum absolute atomic E-state index is 0.308. The average Bonchev–Trinajstić information content (AvgIpc) is 2.22. The van der Waals surface area contributed by atoms with E-state index in [1.807, 2.05) is 0 Å². The smallest absolute Gasteiger partial charge is 0.322 e. The molecule has 2 unspecified atom stereocenters. The first-order valence-electron chi connectivity index (χ1n) is 4.06. The Morgan fingerprint density at radius 1 is 1.29 bits per heavy atom. The Hall–Kier alpha value is -0.620. The molecule has 0 aliphatic heterocycles. The van der Waals surface area contributed by atoms with E-state index in [0.717, 1.165) is 0 Å². The van der Waals surface area contributed by atoms with Crippen LogP contribution in [0.1, 0.15) is 6.92 Å². The van der Waals surface area contributed by atoms with E-state index in [0.29, 0.717) is 6.54 Å². The Labute approximate surface area is 91.3 Å². The molecule has 0 aromatic carbocycles. The second kappa shape index (κ2) is 6.78. The Morgan fingerprint density at radius 3 is 2.21 bits per heavy atom. The van der Waals surface area contributed by atoms with Gasteiger partial charge in [-0.15, -0.1) is 0 Å². The van der Waals surface area contributed by atoms with Crippen molar-refractivity contribution in [2.75, 3.05) is 20.8 Å². The predicted molar refractivity (Wildman–Crippen MR) is 54.2 cm³/mol. The Bertz CT molecular complexity index is 188. The summed E-state index contributed by atoms with van der Waals surface area (Å²) in [6.45, 7) is 1.96. The van der Waals surface area contributed by atoms with E-state index in [1.165, 1.54) is 14.2 Å². The standard InChI is InChI=1S/C8H14BrNO4/c1-5(7(11)13-2)10-4-6(9)8(12)14-3/h5-6,10H,4H2,1-3H3. The highest BCUT2D eigenvalue weighted by atomic mass is 79.9. The molecule has 82 valence electrons. The molecule has 0 aromatic heterocycles. The number of methoxy groups -OCH3 is 2. The first-order chi connectivity index (χ1) is 6.52. The summed E-state index contributed by atoms with van der Waals surface area (Å²) in [5.41, 5.74) is 0. The maximum absolute atomic E-state index is 10.9. The minimum Gasteiger partial charge on any atom is -0.468 e. The summed E-state index contributed by atoms with van der Waals surface area (Å²) in [4.78, 5) is 21.4. The van der Waals surface area contributed by atoms with Gasteiger partial charge in [-0.3, -0.25) is 9.59 Å². The van der Waals surface area contributed by atoms with E-state index in [-0.39, 0.29) is 11.9 Å². The number of ether oxygens (including phenoxy) is 2. The van der Waals surface area contributed by atoms with Crippen molar-refractivity contribution >= 4 is 27.9 Å². The van der Waals surface area contributed by atoms with Gasteiger partial charge in [0.25, 0.3) is 0 Å². The van der Waals surface area contributed by atoms with Crippen LogP contribution in [-0.2, 0) is 19.1 Å². The molecule has 0 rings (SSSR count). The van der Waals surface area contributed by atoms with Crippen molar-refractivity contribution in [1.82, 2.24) is 5.32 Å². The number of hydrogen-bond donors (Lipinski definition) is 1. The molecule has 0 saturated carbocycles. The van der Waals surface area contributed by atoms with Crippen LogP contribution in [0.4, 0.5) is 0 Å². The molecule has 5 nitrogen and oxygen atoms in total. The molecular weight excluding hydrogens is 254 g/mol. The van der Waals surface area contributed by atoms with E-state index >= 15 is 0 Å². The summed E-state index contributed by atoms with van der Waals surface area (Å²) in [6, 6.07) is -0.440. The van der Waals surface area contributed by atoms with Crippen molar-refractivity contribution in [1.29, 1.82) is 0 Å². The van der Waals surface area contributed by atoms with Gasteiger partial charge in [0.15, 0.2) is 0 Å². The number of rotatable bonds is 5. The van der Waals surface area contributed by atoms with Crippen LogP contribution in [0.3, 0.4) is 0 Å². The highest BCUT2D eigenvalue weighted by Crippen LogP contribution is 2.00. The van der Waals surface area contributed by atoms with Crippen LogP contribution >= 0.6 is 15.9 Å². The van der Waals surface area contributed by atoms with Gasteiger partial charge >= 0.3 is 11.9 Å². The molecule has 6 heteroatoms. The van der Waals surface area contributed by atoms with Crippen LogP contribution < -0.4 is 5.32 Å². The summed E-state index contributed by atoms with van der Waals surface area (Å²) in [7, 11) is 2.62. The molecule has 0 heterocycles. The molecule has 2 atom stereocenters. The molecule has 0 bridgehead atoms. The number of esters is 2. The highest BCUT2D eigenvalue weighted by Gasteiger charge is 2.18. The van der Waals surface area contributed by atoms with Crippen molar-refractivity contribution in [3.05, 3.63) is 0 Å². The molecule has 0 amide bonds. The first kappa shape index (κ1) is 13.4. The number of hydrogen-bond acceptors (Lipinski definition) is 5. The third-order valence-electron chi connectivity index (χ3n) is 1.61. The maximum Gasteiger partial charge on any atom is 0.322 e. The number of nitrogens with one attached hydrogen (secondary N) is 1. The van der Waals surface area contributed by atoms with E-state index in [4.69, 9.17) is 0 Å². The van der Waals surface area contributed by atoms with Crippen molar-refractivity contribution in [3.63, 3.8) is 0 Å². The molecule has 0 aliphatic rings. The summed E-state index contributed by atoms with van der Waals surface area (Å²) >= 11 is 3.11. The SMILES string of the molecule is COC(=O)C(Br)CNC(C)C(=O)OC. The van der Waals surface area contributed by atoms with Crippen LogP contribution in [-0.4, -0.2) is 43.6 Å². The van der Waals surface area contributed by atoms with Crippen LogP contribution in [0, 0.1) is 0 Å². The van der Waals surface area contributed by atoms with Gasteiger partial charge in [-0.2, -0.15) is 0 Å². The lowest BCUT2D eigenvalue weighted by Gasteiger charge is -2.13. The lowest BCUT2D eigenvalue weighted by molar-refractivity contribution is -0.143. The zero-order valence-corrected chi connectivity index (χ0v) is 9.96. The molecule has 1 N–H and O–H groups in total. The lowest BCUT2D eigenvalue weighted by atomic mass is 10.3. The summed E-state index contributed by atoms with van der Waals surface area (Å²) in [6.07, 6.45) is 0. The van der Waals surface area contributed by atoms with E-state index in [9.17, 15) is 9.59 Å². The minimum atomic E-state index is -0.459. The van der Waals surface area contributed by atoms with E-state index < -0.39 is 10.9 Å². The lowest BCUT2D eigenvalue weighted by Crippen LogP contribution is -2.40. The molecule has 0 saturated heterocycles. The van der Waals surface area contributed by atoms with Crippen LogP contribution in [0.2, 0.25) is 0 Å². The van der Waals surface area contributed by atoms with Gasteiger partial charge in [-0.25, -0.2) is 0 Å². The third-order valence-corrected chi connectivity index (χ3v) is 2.31. The molecule has 0 aliphatic carbocycles. The largest absolute Gasteiger partial charge is 0.468 e. The van der Waals surface area contributed by atoms with Gasteiger partial charge < -0.3 is 14.8 Å². The van der Waals surface area contributed by atoms with Crippen molar-refractivity contribution < 1.29 is 19.1 Å². The highest BCUT2D eigenvalue weighted by molar-refractivity contribution is 9.10. The van der Waals surface area contributed by atoms with Crippen LogP contribution in [0.25, 0.3) is 0 Å². The van der Waals surface area contributed by atoms with E-state index in [1.54, 1.807) is 6.92 Å². The maximum atomic E-state index is 10.9. The van der Waals surface area contributed by atoms with Crippen LogP contribution in [0.5, 0.6) is 0 Å².